The van der Waals surface area contributed by atoms with Crippen molar-refractivity contribution in [3.05, 3.63) is 29.8 Å². The SMILES string of the molecule is COC(=O)CNC(=O)c1ccc(NC(=O)CNCC2CC2)cc1. The van der Waals surface area contributed by atoms with Gasteiger partial charge in [-0.05, 0) is 49.6 Å². The zero-order valence-corrected chi connectivity index (χ0v) is 13.1. The Hall–Kier alpha value is -2.41. The lowest BCUT2D eigenvalue weighted by atomic mass is 10.2. The average Bonchev–Trinajstić information content (AvgIpc) is 3.37. The monoisotopic (exact) mass is 319 g/mol. The summed E-state index contributed by atoms with van der Waals surface area (Å²) in [7, 11) is 1.26. The van der Waals surface area contributed by atoms with Gasteiger partial charge in [-0.2, -0.15) is 0 Å². The van der Waals surface area contributed by atoms with Gasteiger partial charge in [0, 0.05) is 11.3 Å². The highest BCUT2D eigenvalue weighted by Crippen LogP contribution is 2.27. The Kier molecular flexibility index (Phi) is 6.10. The first-order valence-corrected chi connectivity index (χ1v) is 7.54. The summed E-state index contributed by atoms with van der Waals surface area (Å²) in [5.41, 5.74) is 1.02. The zero-order valence-electron chi connectivity index (χ0n) is 13.1. The predicted octanol–water partition coefficient (Wildman–Crippen LogP) is 0.527. The van der Waals surface area contributed by atoms with E-state index in [2.05, 4.69) is 20.7 Å². The van der Waals surface area contributed by atoms with E-state index in [1.165, 1.54) is 20.0 Å². The van der Waals surface area contributed by atoms with Crippen molar-refractivity contribution in [2.75, 3.05) is 32.1 Å². The Bertz CT molecular complexity index is 567. The van der Waals surface area contributed by atoms with Gasteiger partial charge in [-0.3, -0.25) is 14.4 Å². The highest BCUT2D eigenvalue weighted by Gasteiger charge is 2.20. The molecule has 0 bridgehead atoms. The molecule has 0 aromatic heterocycles. The summed E-state index contributed by atoms with van der Waals surface area (Å²) in [6.07, 6.45) is 2.49. The lowest BCUT2D eigenvalue weighted by Crippen LogP contribution is -2.30. The smallest absolute Gasteiger partial charge is 0.325 e. The number of hydrogen-bond acceptors (Lipinski definition) is 5. The molecule has 0 unspecified atom stereocenters. The van der Waals surface area contributed by atoms with Crippen LogP contribution in [0.1, 0.15) is 23.2 Å². The first kappa shape index (κ1) is 17.0. The normalized spacial score (nSPS) is 13.3. The van der Waals surface area contributed by atoms with Crippen molar-refractivity contribution in [3.63, 3.8) is 0 Å². The molecule has 1 fully saturated rings. The summed E-state index contributed by atoms with van der Waals surface area (Å²) in [5, 5.41) is 8.31. The maximum Gasteiger partial charge on any atom is 0.325 e. The van der Waals surface area contributed by atoms with E-state index in [1.54, 1.807) is 24.3 Å². The maximum atomic E-state index is 11.8. The second kappa shape index (κ2) is 8.28. The molecule has 1 aromatic rings. The Balaban J connectivity index is 1.75. The summed E-state index contributed by atoms with van der Waals surface area (Å²) < 4.78 is 4.44. The number of esters is 1. The van der Waals surface area contributed by atoms with E-state index in [4.69, 9.17) is 0 Å². The minimum atomic E-state index is -0.513. The first-order chi connectivity index (χ1) is 11.1. The molecule has 0 heterocycles. The molecule has 23 heavy (non-hydrogen) atoms. The lowest BCUT2D eigenvalue weighted by Gasteiger charge is -2.08. The highest BCUT2D eigenvalue weighted by molar-refractivity contribution is 5.97. The van der Waals surface area contributed by atoms with Crippen molar-refractivity contribution in [2.45, 2.75) is 12.8 Å². The fourth-order valence-electron chi connectivity index (χ4n) is 1.95. The van der Waals surface area contributed by atoms with Gasteiger partial charge in [0.2, 0.25) is 5.91 Å². The van der Waals surface area contributed by atoms with Crippen molar-refractivity contribution >= 4 is 23.5 Å². The third kappa shape index (κ3) is 6.07. The molecule has 124 valence electrons. The van der Waals surface area contributed by atoms with E-state index < -0.39 is 5.97 Å². The van der Waals surface area contributed by atoms with E-state index in [1.807, 2.05) is 0 Å². The lowest BCUT2D eigenvalue weighted by molar-refractivity contribution is -0.139. The van der Waals surface area contributed by atoms with Crippen LogP contribution in [0.3, 0.4) is 0 Å². The van der Waals surface area contributed by atoms with Crippen molar-refractivity contribution in [1.82, 2.24) is 10.6 Å². The molecule has 2 rings (SSSR count). The van der Waals surface area contributed by atoms with Crippen molar-refractivity contribution in [3.8, 4) is 0 Å². The quantitative estimate of drug-likeness (QED) is 0.607. The van der Waals surface area contributed by atoms with Crippen LogP contribution in [0.4, 0.5) is 5.69 Å². The summed E-state index contributed by atoms with van der Waals surface area (Å²) in [6, 6.07) is 6.46. The van der Waals surface area contributed by atoms with Crippen LogP contribution in [-0.2, 0) is 14.3 Å². The molecule has 1 aromatic carbocycles. The number of benzene rings is 1. The molecule has 0 aliphatic heterocycles. The molecule has 7 nitrogen and oxygen atoms in total. The van der Waals surface area contributed by atoms with Gasteiger partial charge in [0.25, 0.3) is 5.91 Å². The molecule has 7 heteroatoms. The largest absolute Gasteiger partial charge is 0.468 e. The van der Waals surface area contributed by atoms with Crippen LogP contribution in [0.2, 0.25) is 0 Å². The van der Waals surface area contributed by atoms with E-state index >= 15 is 0 Å². The molecular formula is C16H21N3O4. The van der Waals surface area contributed by atoms with Gasteiger partial charge in [0.15, 0.2) is 0 Å². The summed E-state index contributed by atoms with van der Waals surface area (Å²) >= 11 is 0. The molecule has 1 aliphatic rings. The van der Waals surface area contributed by atoms with Gasteiger partial charge in [0.1, 0.15) is 6.54 Å². The van der Waals surface area contributed by atoms with E-state index in [0.717, 1.165) is 12.5 Å². The molecular weight excluding hydrogens is 298 g/mol. The molecule has 0 radical (unpaired) electrons. The number of methoxy groups -OCH3 is 1. The average molecular weight is 319 g/mol. The molecule has 2 amide bonds. The second-order valence-electron chi connectivity index (χ2n) is 5.46. The number of nitrogens with one attached hydrogen (secondary N) is 3. The number of hydrogen-bond donors (Lipinski definition) is 3. The number of ether oxygens (including phenoxy) is 1. The van der Waals surface area contributed by atoms with Crippen molar-refractivity contribution in [2.24, 2.45) is 5.92 Å². The minimum Gasteiger partial charge on any atom is -0.468 e. The Morgan fingerprint density at radius 2 is 1.83 bits per heavy atom. The minimum absolute atomic E-state index is 0.117. The van der Waals surface area contributed by atoms with Gasteiger partial charge in [-0.25, -0.2) is 0 Å². The molecule has 1 saturated carbocycles. The molecule has 1 aliphatic carbocycles. The highest BCUT2D eigenvalue weighted by atomic mass is 16.5. The van der Waals surface area contributed by atoms with Crippen molar-refractivity contribution < 1.29 is 19.1 Å². The summed E-state index contributed by atoms with van der Waals surface area (Å²) in [4.78, 5) is 34.5. The third-order valence-corrected chi connectivity index (χ3v) is 3.47. The summed E-state index contributed by atoms with van der Waals surface area (Å²) in [5.74, 6) is -0.278. The van der Waals surface area contributed by atoms with Crippen LogP contribution in [0.15, 0.2) is 24.3 Å². The second-order valence-corrected chi connectivity index (χ2v) is 5.46. The van der Waals surface area contributed by atoms with Crippen LogP contribution < -0.4 is 16.0 Å². The van der Waals surface area contributed by atoms with Crippen LogP contribution in [0.25, 0.3) is 0 Å². The van der Waals surface area contributed by atoms with E-state index in [0.29, 0.717) is 11.3 Å². The fourth-order valence-corrected chi connectivity index (χ4v) is 1.95. The van der Waals surface area contributed by atoms with Gasteiger partial charge in [-0.15, -0.1) is 0 Å². The number of carbonyl (C=O) groups excluding carboxylic acids is 3. The number of rotatable bonds is 8. The number of carbonyl (C=O) groups is 3. The van der Waals surface area contributed by atoms with Crippen LogP contribution in [-0.4, -0.2) is 44.5 Å². The molecule has 0 spiro atoms. The topological polar surface area (TPSA) is 96.5 Å². The Labute approximate surface area is 134 Å². The Morgan fingerprint density at radius 1 is 1.13 bits per heavy atom. The van der Waals surface area contributed by atoms with Crippen LogP contribution in [0.5, 0.6) is 0 Å². The predicted molar refractivity (Wildman–Crippen MR) is 85.0 cm³/mol. The van der Waals surface area contributed by atoms with Crippen molar-refractivity contribution in [1.29, 1.82) is 0 Å². The Morgan fingerprint density at radius 3 is 2.43 bits per heavy atom. The van der Waals surface area contributed by atoms with Gasteiger partial charge < -0.3 is 20.7 Å². The summed E-state index contributed by atoms with van der Waals surface area (Å²) in [6.45, 7) is 0.977. The van der Waals surface area contributed by atoms with Crippen LogP contribution in [0, 0.1) is 5.92 Å². The third-order valence-electron chi connectivity index (χ3n) is 3.47. The molecule has 3 N–H and O–H groups in total. The maximum absolute atomic E-state index is 11.8. The van der Waals surface area contributed by atoms with Crippen LogP contribution >= 0.6 is 0 Å². The standard InChI is InChI=1S/C16H21N3O4/c1-23-15(21)10-18-16(22)12-4-6-13(7-5-12)19-14(20)9-17-8-11-2-3-11/h4-7,11,17H,2-3,8-10H2,1H3,(H,18,22)(H,19,20). The van der Waals surface area contributed by atoms with Gasteiger partial charge in [-0.1, -0.05) is 0 Å². The number of amides is 2. The zero-order chi connectivity index (χ0) is 16.7. The number of anilines is 1. The van der Waals surface area contributed by atoms with Gasteiger partial charge >= 0.3 is 5.97 Å². The van der Waals surface area contributed by atoms with Gasteiger partial charge in [0.05, 0.1) is 13.7 Å². The first-order valence-electron chi connectivity index (χ1n) is 7.54. The molecule has 0 saturated heterocycles. The fraction of sp³-hybridized carbons (Fsp3) is 0.438. The van der Waals surface area contributed by atoms with E-state index in [-0.39, 0.29) is 24.9 Å². The van der Waals surface area contributed by atoms with E-state index in [9.17, 15) is 14.4 Å². The molecule has 0 atom stereocenters.